The van der Waals surface area contributed by atoms with Crippen molar-refractivity contribution in [2.45, 2.75) is 57.8 Å². The molecule has 0 unspecified atom stereocenters. The molecule has 0 bridgehead atoms. The second kappa shape index (κ2) is 13.4. The van der Waals surface area contributed by atoms with E-state index in [0.29, 0.717) is 24.5 Å². The van der Waals surface area contributed by atoms with Crippen molar-refractivity contribution in [2.75, 3.05) is 20.0 Å². The number of aliphatic hydroxyl groups excluding tert-OH is 1. The summed E-state index contributed by atoms with van der Waals surface area (Å²) in [6.45, 7) is 1.27. The maximum Gasteiger partial charge on any atom is 0.231 e. The van der Waals surface area contributed by atoms with E-state index in [-0.39, 0.29) is 6.79 Å². The Balaban J connectivity index is 1.37. The predicted octanol–water partition coefficient (Wildman–Crippen LogP) is 6.36. The summed E-state index contributed by atoms with van der Waals surface area (Å²) in [4.78, 5) is 0. The molecule has 0 aliphatic carbocycles. The van der Waals surface area contributed by atoms with Crippen molar-refractivity contribution in [2.24, 2.45) is 0 Å². The van der Waals surface area contributed by atoms with Gasteiger partial charge in [-0.2, -0.15) is 5.26 Å². The number of allylic oxidation sites excluding steroid dienone is 1. The van der Waals surface area contributed by atoms with E-state index in [1.165, 1.54) is 38.5 Å². The van der Waals surface area contributed by atoms with Crippen LogP contribution in [0.2, 0.25) is 0 Å². The average molecular weight is 436 g/mol. The summed E-state index contributed by atoms with van der Waals surface area (Å²) in [6.07, 6.45) is 12.5. The van der Waals surface area contributed by atoms with Gasteiger partial charge in [-0.25, -0.2) is 0 Å². The highest BCUT2D eigenvalue weighted by Crippen LogP contribution is 2.33. The van der Waals surface area contributed by atoms with Gasteiger partial charge in [0.05, 0.1) is 18.2 Å². The zero-order valence-corrected chi connectivity index (χ0v) is 18.7. The Kier molecular flexibility index (Phi) is 9.95. The van der Waals surface area contributed by atoms with Crippen LogP contribution in [0.15, 0.2) is 42.5 Å². The minimum absolute atomic E-state index is 0.237. The van der Waals surface area contributed by atoms with Crippen molar-refractivity contribution in [3.8, 4) is 23.3 Å². The van der Waals surface area contributed by atoms with E-state index in [1.807, 2.05) is 48.5 Å². The molecule has 1 aliphatic heterocycles. The van der Waals surface area contributed by atoms with Gasteiger partial charge in [0, 0.05) is 6.61 Å². The number of hydrogen-bond donors (Lipinski definition) is 1. The van der Waals surface area contributed by atoms with Crippen molar-refractivity contribution in [1.29, 1.82) is 5.26 Å². The number of fused-ring (bicyclic) bond motifs is 1. The molecule has 5 heteroatoms. The standard InChI is InChI=1S/C27H33NO4/c28-20-24(18-22-10-15-26-27(19-22)32-21-31-26)23-11-13-25(14-12-23)30-17-9-7-5-3-1-2-4-6-8-16-29/h10-15,18-19,29H,1-9,16-17,21H2. The molecule has 0 radical (unpaired) electrons. The Labute approximate surface area is 191 Å². The lowest BCUT2D eigenvalue weighted by atomic mass is 10.0. The maximum atomic E-state index is 9.60. The SMILES string of the molecule is N#CC(=Cc1ccc2c(c1)OCO2)c1ccc(OCCCCCCCCCCCO)cc1. The highest BCUT2D eigenvalue weighted by Gasteiger charge is 2.13. The van der Waals surface area contributed by atoms with Gasteiger partial charge in [0.25, 0.3) is 0 Å². The highest BCUT2D eigenvalue weighted by molar-refractivity contribution is 5.90. The molecule has 0 fully saturated rings. The minimum Gasteiger partial charge on any atom is -0.494 e. The number of hydrogen-bond acceptors (Lipinski definition) is 5. The summed E-state index contributed by atoms with van der Waals surface area (Å²) in [5.41, 5.74) is 2.35. The van der Waals surface area contributed by atoms with Crippen molar-refractivity contribution < 1.29 is 19.3 Å². The van der Waals surface area contributed by atoms with Gasteiger partial charge in [-0.05, 0) is 66.4 Å². The van der Waals surface area contributed by atoms with Crippen molar-refractivity contribution in [3.63, 3.8) is 0 Å². The van der Waals surface area contributed by atoms with Gasteiger partial charge in [-0.3, -0.25) is 0 Å². The van der Waals surface area contributed by atoms with Gasteiger partial charge in [-0.1, -0.05) is 51.0 Å². The fraction of sp³-hybridized carbons (Fsp3) is 0.444. The first-order chi connectivity index (χ1) is 15.8. The zero-order valence-electron chi connectivity index (χ0n) is 18.7. The third-order valence-corrected chi connectivity index (χ3v) is 5.56. The van der Waals surface area contributed by atoms with E-state index >= 15 is 0 Å². The Hall–Kier alpha value is -2.97. The first-order valence-corrected chi connectivity index (χ1v) is 11.7. The molecule has 0 saturated carbocycles. The van der Waals surface area contributed by atoms with E-state index in [1.54, 1.807) is 0 Å². The number of ether oxygens (including phenoxy) is 3. The summed E-state index contributed by atoms with van der Waals surface area (Å²) in [5, 5.41) is 18.4. The third-order valence-electron chi connectivity index (χ3n) is 5.56. The molecular weight excluding hydrogens is 402 g/mol. The second-order valence-electron chi connectivity index (χ2n) is 8.06. The number of unbranched alkanes of at least 4 members (excludes halogenated alkanes) is 8. The van der Waals surface area contributed by atoms with Gasteiger partial charge in [-0.15, -0.1) is 0 Å². The fourth-order valence-electron chi connectivity index (χ4n) is 3.72. The molecule has 3 rings (SSSR count). The van der Waals surface area contributed by atoms with Gasteiger partial charge in [0.1, 0.15) is 5.75 Å². The van der Waals surface area contributed by atoms with Crippen LogP contribution < -0.4 is 14.2 Å². The molecule has 1 heterocycles. The summed E-state index contributed by atoms with van der Waals surface area (Å²) < 4.78 is 16.6. The van der Waals surface area contributed by atoms with E-state index in [0.717, 1.165) is 41.9 Å². The Bertz CT molecular complexity index is 899. The number of aliphatic hydroxyl groups is 1. The van der Waals surface area contributed by atoms with Crippen LogP contribution in [0.4, 0.5) is 0 Å². The van der Waals surface area contributed by atoms with E-state index in [9.17, 15) is 5.26 Å². The quantitative estimate of drug-likeness (QED) is 0.212. The Morgan fingerprint density at radius 2 is 1.53 bits per heavy atom. The summed E-state index contributed by atoms with van der Waals surface area (Å²) >= 11 is 0. The molecule has 5 nitrogen and oxygen atoms in total. The number of rotatable bonds is 14. The lowest BCUT2D eigenvalue weighted by Gasteiger charge is -2.07. The van der Waals surface area contributed by atoms with E-state index in [4.69, 9.17) is 19.3 Å². The minimum atomic E-state index is 0.237. The number of benzene rings is 2. The Morgan fingerprint density at radius 3 is 2.22 bits per heavy atom. The van der Waals surface area contributed by atoms with E-state index in [2.05, 4.69) is 6.07 Å². The highest BCUT2D eigenvalue weighted by atomic mass is 16.7. The van der Waals surface area contributed by atoms with Gasteiger partial charge < -0.3 is 19.3 Å². The molecule has 1 N–H and O–H groups in total. The van der Waals surface area contributed by atoms with Gasteiger partial charge >= 0.3 is 0 Å². The van der Waals surface area contributed by atoms with Crippen molar-refractivity contribution in [1.82, 2.24) is 0 Å². The zero-order chi connectivity index (χ0) is 22.4. The molecule has 1 aliphatic rings. The number of nitrogens with zero attached hydrogens (tertiary/aromatic N) is 1. The summed E-state index contributed by atoms with van der Waals surface area (Å²) in [6, 6.07) is 15.6. The first kappa shape index (κ1) is 23.7. The normalized spacial score (nSPS) is 12.6. The molecule has 0 spiro atoms. The second-order valence-corrected chi connectivity index (χ2v) is 8.06. The number of nitriles is 1. The van der Waals surface area contributed by atoms with Crippen LogP contribution in [0.25, 0.3) is 11.6 Å². The average Bonchev–Trinajstić information content (AvgIpc) is 3.29. The molecule has 0 amide bonds. The fourth-order valence-corrected chi connectivity index (χ4v) is 3.72. The summed E-state index contributed by atoms with van der Waals surface area (Å²) in [5.74, 6) is 2.27. The van der Waals surface area contributed by atoms with Crippen molar-refractivity contribution >= 4 is 11.6 Å². The van der Waals surface area contributed by atoms with Crippen LogP contribution in [0.3, 0.4) is 0 Å². The van der Waals surface area contributed by atoms with Crippen LogP contribution >= 0.6 is 0 Å². The monoisotopic (exact) mass is 435 g/mol. The molecule has 2 aromatic carbocycles. The van der Waals surface area contributed by atoms with Crippen LogP contribution in [-0.4, -0.2) is 25.1 Å². The molecule has 2 aromatic rings. The summed E-state index contributed by atoms with van der Waals surface area (Å²) in [7, 11) is 0. The molecular formula is C27H33NO4. The predicted molar refractivity (Wildman–Crippen MR) is 127 cm³/mol. The molecule has 170 valence electrons. The third kappa shape index (κ3) is 7.62. The topological polar surface area (TPSA) is 71.7 Å². The van der Waals surface area contributed by atoms with Crippen LogP contribution in [0, 0.1) is 11.3 Å². The maximum absolute atomic E-state index is 9.60. The van der Waals surface area contributed by atoms with Crippen LogP contribution in [-0.2, 0) is 0 Å². The lowest BCUT2D eigenvalue weighted by Crippen LogP contribution is -1.97. The first-order valence-electron chi connectivity index (χ1n) is 11.7. The van der Waals surface area contributed by atoms with Crippen LogP contribution in [0.1, 0.15) is 68.9 Å². The van der Waals surface area contributed by atoms with Crippen LogP contribution in [0.5, 0.6) is 17.2 Å². The van der Waals surface area contributed by atoms with Gasteiger partial charge in [0.2, 0.25) is 6.79 Å². The smallest absolute Gasteiger partial charge is 0.231 e. The largest absolute Gasteiger partial charge is 0.494 e. The molecule has 0 atom stereocenters. The lowest BCUT2D eigenvalue weighted by molar-refractivity contribution is 0.174. The van der Waals surface area contributed by atoms with Crippen molar-refractivity contribution in [3.05, 3.63) is 53.6 Å². The molecule has 0 aromatic heterocycles. The Morgan fingerprint density at radius 1 is 0.875 bits per heavy atom. The molecule has 32 heavy (non-hydrogen) atoms. The van der Waals surface area contributed by atoms with Gasteiger partial charge in [0.15, 0.2) is 11.5 Å². The molecule has 0 saturated heterocycles. The van der Waals surface area contributed by atoms with E-state index < -0.39 is 0 Å².